The maximum absolute atomic E-state index is 9.13. The summed E-state index contributed by atoms with van der Waals surface area (Å²) in [5.74, 6) is 0.169. The molecule has 0 aliphatic carbocycles. The van der Waals surface area contributed by atoms with E-state index in [1.165, 1.54) is 24.0 Å². The van der Waals surface area contributed by atoms with E-state index in [0.29, 0.717) is 10.9 Å². The summed E-state index contributed by atoms with van der Waals surface area (Å²) in [7, 11) is 0. The van der Waals surface area contributed by atoms with E-state index in [1.807, 2.05) is 0 Å². The Bertz CT molecular complexity index is 374. The first kappa shape index (κ1) is 12.7. The van der Waals surface area contributed by atoms with Crippen molar-refractivity contribution >= 4 is 17.6 Å². The highest BCUT2D eigenvalue weighted by Crippen LogP contribution is 2.13. The molecule has 16 heavy (non-hydrogen) atoms. The molecule has 0 aliphatic heterocycles. The quantitative estimate of drug-likeness (QED) is 0.131. The number of rotatable bonds is 5. The number of nitrogens with zero attached hydrogens (tertiary/aromatic N) is 3. The first-order valence-electron chi connectivity index (χ1n) is 4.40. The van der Waals surface area contributed by atoms with Crippen LogP contribution < -0.4 is 5.73 Å². The van der Waals surface area contributed by atoms with Gasteiger partial charge in [-0.25, -0.2) is 9.97 Å². The van der Waals surface area contributed by atoms with Gasteiger partial charge < -0.3 is 21.2 Å². The van der Waals surface area contributed by atoms with E-state index < -0.39 is 6.10 Å². The van der Waals surface area contributed by atoms with Gasteiger partial charge in [-0.05, 0) is 6.07 Å². The average molecular weight is 244 g/mol. The van der Waals surface area contributed by atoms with E-state index in [2.05, 4.69) is 15.1 Å². The standard InChI is InChI=1S/C8H12N4O3S/c9-7(12-15)6-1-2-10-8(11-6)16-4-5(14)3-13/h1-2,5,13-15H,3-4H2,(H2,9,12). The van der Waals surface area contributed by atoms with Crippen molar-refractivity contribution < 1.29 is 15.4 Å². The van der Waals surface area contributed by atoms with Crippen molar-refractivity contribution in [2.24, 2.45) is 10.9 Å². The lowest BCUT2D eigenvalue weighted by atomic mass is 10.4. The summed E-state index contributed by atoms with van der Waals surface area (Å²) in [6, 6.07) is 1.50. The van der Waals surface area contributed by atoms with Crippen LogP contribution in [0.3, 0.4) is 0 Å². The third-order valence-corrected chi connectivity index (χ3v) is 2.63. The summed E-state index contributed by atoms with van der Waals surface area (Å²) in [6.45, 7) is -0.313. The molecular weight excluding hydrogens is 232 g/mol. The van der Waals surface area contributed by atoms with Crippen LogP contribution in [0.25, 0.3) is 0 Å². The van der Waals surface area contributed by atoms with E-state index in [9.17, 15) is 0 Å². The van der Waals surface area contributed by atoms with Crippen molar-refractivity contribution in [3.8, 4) is 0 Å². The summed E-state index contributed by atoms with van der Waals surface area (Å²) in [5.41, 5.74) is 5.66. The van der Waals surface area contributed by atoms with Crippen LogP contribution in [0.2, 0.25) is 0 Å². The van der Waals surface area contributed by atoms with Crippen LogP contribution in [0.4, 0.5) is 0 Å². The molecular formula is C8H12N4O3S. The fraction of sp³-hybridized carbons (Fsp3) is 0.375. The summed E-state index contributed by atoms with van der Waals surface area (Å²) < 4.78 is 0. The van der Waals surface area contributed by atoms with Crippen LogP contribution in [-0.4, -0.2) is 49.7 Å². The van der Waals surface area contributed by atoms with E-state index in [4.69, 9.17) is 21.2 Å². The van der Waals surface area contributed by atoms with Gasteiger partial charge in [-0.3, -0.25) is 0 Å². The maximum Gasteiger partial charge on any atom is 0.188 e. The van der Waals surface area contributed by atoms with Gasteiger partial charge >= 0.3 is 0 Å². The lowest BCUT2D eigenvalue weighted by Gasteiger charge is -2.05. The van der Waals surface area contributed by atoms with E-state index in [1.54, 1.807) is 0 Å². The zero-order valence-electron chi connectivity index (χ0n) is 8.32. The minimum atomic E-state index is -0.818. The van der Waals surface area contributed by atoms with Gasteiger partial charge in [-0.15, -0.1) is 0 Å². The molecule has 1 heterocycles. The highest BCUT2D eigenvalue weighted by atomic mass is 32.2. The summed E-state index contributed by atoms with van der Waals surface area (Å²) in [6.07, 6.45) is 0.648. The largest absolute Gasteiger partial charge is 0.409 e. The second-order valence-corrected chi connectivity index (χ2v) is 3.84. The molecule has 1 rings (SSSR count). The Balaban J connectivity index is 2.68. The zero-order valence-corrected chi connectivity index (χ0v) is 9.13. The monoisotopic (exact) mass is 244 g/mol. The Labute approximate surface area is 96.0 Å². The van der Waals surface area contributed by atoms with Crippen molar-refractivity contribution in [2.75, 3.05) is 12.4 Å². The topological polar surface area (TPSA) is 125 Å². The van der Waals surface area contributed by atoms with E-state index in [-0.39, 0.29) is 18.2 Å². The van der Waals surface area contributed by atoms with Gasteiger partial charge in [0.2, 0.25) is 0 Å². The van der Waals surface area contributed by atoms with Gasteiger partial charge in [0.25, 0.3) is 0 Å². The van der Waals surface area contributed by atoms with Crippen LogP contribution >= 0.6 is 11.8 Å². The molecule has 1 atom stereocenters. The number of aliphatic hydroxyl groups excluding tert-OH is 2. The predicted octanol–water partition coefficient (Wildman–Crippen LogP) is -0.984. The molecule has 0 saturated heterocycles. The molecule has 0 saturated carbocycles. The molecule has 1 aromatic heterocycles. The van der Waals surface area contributed by atoms with Crippen LogP contribution in [0.15, 0.2) is 22.6 Å². The fourth-order valence-electron chi connectivity index (χ4n) is 0.828. The zero-order chi connectivity index (χ0) is 12.0. The van der Waals surface area contributed by atoms with Crippen molar-refractivity contribution in [1.82, 2.24) is 9.97 Å². The second kappa shape index (κ2) is 6.26. The number of nitrogens with two attached hydrogens (primary N) is 1. The number of hydrogen-bond donors (Lipinski definition) is 4. The molecule has 0 fully saturated rings. The van der Waals surface area contributed by atoms with Crippen LogP contribution in [0.1, 0.15) is 5.69 Å². The van der Waals surface area contributed by atoms with Gasteiger partial charge in [0.15, 0.2) is 11.0 Å². The van der Waals surface area contributed by atoms with E-state index >= 15 is 0 Å². The van der Waals surface area contributed by atoms with Gasteiger partial charge in [0.05, 0.1) is 12.7 Å². The summed E-state index contributed by atoms with van der Waals surface area (Å²) in [4.78, 5) is 7.92. The Morgan fingerprint density at radius 3 is 3.00 bits per heavy atom. The third-order valence-electron chi connectivity index (χ3n) is 1.62. The number of aromatic nitrogens is 2. The Morgan fingerprint density at radius 1 is 1.62 bits per heavy atom. The molecule has 7 nitrogen and oxygen atoms in total. The molecule has 1 aromatic rings. The predicted molar refractivity (Wildman–Crippen MR) is 58.4 cm³/mol. The number of aliphatic hydroxyl groups is 2. The first-order valence-corrected chi connectivity index (χ1v) is 5.38. The average Bonchev–Trinajstić information content (AvgIpc) is 2.35. The van der Waals surface area contributed by atoms with Crippen LogP contribution in [-0.2, 0) is 0 Å². The molecule has 0 aliphatic rings. The summed E-state index contributed by atoms with van der Waals surface area (Å²) in [5, 5.41) is 29.4. The summed E-state index contributed by atoms with van der Waals surface area (Å²) >= 11 is 1.17. The molecule has 88 valence electrons. The number of amidine groups is 1. The number of thioether (sulfide) groups is 1. The van der Waals surface area contributed by atoms with Crippen molar-refractivity contribution in [3.05, 3.63) is 18.0 Å². The first-order chi connectivity index (χ1) is 7.67. The highest BCUT2D eigenvalue weighted by Gasteiger charge is 2.07. The van der Waals surface area contributed by atoms with Gasteiger partial charge in [0.1, 0.15) is 5.69 Å². The smallest absolute Gasteiger partial charge is 0.188 e. The molecule has 0 aromatic carbocycles. The van der Waals surface area contributed by atoms with Gasteiger partial charge in [-0.2, -0.15) is 0 Å². The SMILES string of the molecule is N/C(=N/O)c1ccnc(SCC(O)CO)n1. The molecule has 1 unspecified atom stereocenters. The lowest BCUT2D eigenvalue weighted by Crippen LogP contribution is -2.17. The van der Waals surface area contributed by atoms with Gasteiger partial charge in [0, 0.05) is 11.9 Å². The van der Waals surface area contributed by atoms with Crippen LogP contribution in [0.5, 0.6) is 0 Å². The second-order valence-electron chi connectivity index (χ2n) is 2.86. The van der Waals surface area contributed by atoms with Crippen molar-refractivity contribution in [3.63, 3.8) is 0 Å². The highest BCUT2D eigenvalue weighted by molar-refractivity contribution is 7.99. The molecule has 0 spiro atoms. The molecule has 0 bridgehead atoms. The van der Waals surface area contributed by atoms with Crippen LogP contribution in [0, 0.1) is 0 Å². The minimum absolute atomic E-state index is 0.105. The number of oxime groups is 1. The molecule has 8 heteroatoms. The third kappa shape index (κ3) is 3.65. The Hall–Kier alpha value is -1.38. The fourth-order valence-corrected chi connectivity index (χ4v) is 1.57. The Morgan fingerprint density at radius 2 is 2.38 bits per heavy atom. The Kier molecular flexibility index (Phi) is 4.96. The molecule has 0 radical (unpaired) electrons. The minimum Gasteiger partial charge on any atom is -0.409 e. The maximum atomic E-state index is 9.13. The number of hydrogen-bond acceptors (Lipinski definition) is 7. The normalized spacial score (nSPS) is 13.8. The van der Waals surface area contributed by atoms with Crippen molar-refractivity contribution in [1.29, 1.82) is 0 Å². The van der Waals surface area contributed by atoms with E-state index in [0.717, 1.165) is 0 Å². The van der Waals surface area contributed by atoms with Crippen molar-refractivity contribution in [2.45, 2.75) is 11.3 Å². The molecule has 5 N–H and O–H groups in total. The van der Waals surface area contributed by atoms with Gasteiger partial charge in [-0.1, -0.05) is 16.9 Å². The molecule has 0 amide bonds. The lowest BCUT2D eigenvalue weighted by molar-refractivity contribution is 0.113.